The van der Waals surface area contributed by atoms with E-state index in [-0.39, 0.29) is 23.0 Å². The molecule has 1 aromatic rings. The third-order valence-corrected chi connectivity index (χ3v) is 12.8. The number of hydrogen-bond donors (Lipinski definition) is 1. The Morgan fingerprint density at radius 1 is 1.18 bits per heavy atom. The molecule has 6 nitrogen and oxygen atoms in total. The lowest BCUT2D eigenvalue weighted by Crippen LogP contribution is -2.74. The van der Waals surface area contributed by atoms with Crippen LogP contribution in [0.4, 0.5) is 0 Å². The first-order valence-corrected chi connectivity index (χ1v) is 15.3. The summed E-state index contributed by atoms with van der Waals surface area (Å²) in [6.07, 6.45) is 1.09. The van der Waals surface area contributed by atoms with Gasteiger partial charge in [0, 0.05) is 19.4 Å². The van der Waals surface area contributed by atoms with Crippen LogP contribution in [0.25, 0.3) is 0 Å². The number of aliphatic hydroxyl groups is 1. The summed E-state index contributed by atoms with van der Waals surface area (Å²) < 4.78 is 30.8. The van der Waals surface area contributed by atoms with E-state index in [0.29, 0.717) is 39.1 Å². The first-order chi connectivity index (χ1) is 16.0. The summed E-state index contributed by atoms with van der Waals surface area (Å²) in [5.74, 6) is 6.69. The molecule has 188 valence electrons. The van der Waals surface area contributed by atoms with Gasteiger partial charge in [-0.05, 0) is 43.1 Å². The molecule has 1 aromatic carbocycles. The summed E-state index contributed by atoms with van der Waals surface area (Å²) in [5.41, 5.74) is -0.557. The fourth-order valence-electron chi connectivity index (χ4n) is 5.32. The van der Waals surface area contributed by atoms with Gasteiger partial charge in [-0.25, -0.2) is 0 Å². The molecule has 0 bridgehead atoms. The van der Waals surface area contributed by atoms with Crippen LogP contribution in [-0.2, 0) is 18.6 Å². The Morgan fingerprint density at radius 3 is 2.47 bits per heavy atom. The topological polar surface area (TPSA) is 66.4 Å². The van der Waals surface area contributed by atoms with Crippen LogP contribution in [0.1, 0.15) is 40.0 Å². The molecule has 2 saturated carbocycles. The summed E-state index contributed by atoms with van der Waals surface area (Å²) in [6.45, 7) is 12.6. The highest BCUT2D eigenvalue weighted by atomic mass is 28.4. The van der Waals surface area contributed by atoms with Crippen molar-refractivity contribution in [1.29, 1.82) is 0 Å². The molecule has 1 spiro atoms. The number of ether oxygens (including phenoxy) is 4. The van der Waals surface area contributed by atoms with E-state index in [0.717, 1.165) is 5.75 Å². The van der Waals surface area contributed by atoms with E-state index >= 15 is 0 Å². The molecule has 1 N–H and O–H groups in total. The molecule has 5 atom stereocenters. The minimum atomic E-state index is -2.08. The molecule has 1 heterocycles. The zero-order valence-electron chi connectivity index (χ0n) is 21.4. The Hall–Kier alpha value is -1.40. The molecule has 1 aliphatic heterocycles. The molecule has 0 radical (unpaired) electrons. The largest absolute Gasteiger partial charge is 0.490 e. The summed E-state index contributed by atoms with van der Waals surface area (Å²) >= 11 is 0. The van der Waals surface area contributed by atoms with Crippen LogP contribution in [-0.4, -0.2) is 64.0 Å². The molecule has 1 saturated heterocycles. The molecule has 7 heteroatoms. The second-order valence-corrected chi connectivity index (χ2v) is 16.0. The minimum absolute atomic E-state index is 0.0484. The Bertz CT molecular complexity index is 895. The average Bonchev–Trinajstić information content (AvgIpc) is 3.29. The number of fused-ring (bicyclic) bond motifs is 2. The number of rotatable bonds is 6. The third kappa shape index (κ3) is 4.57. The standard InChI is InChI=1S/C27H40O6Si/c1-25(2,3)34(5,6)33-21(19-30-20-10-8-7-9-11-20)12-13-22-23-18-27(31-16-17-32-27)26(23,29-4)15-14-24(22)28/h7-11,21-24,28H,14-19H2,1-6H3/t21-,22+,23+,24+,26+/m1/s1. The van der Waals surface area contributed by atoms with Crippen molar-refractivity contribution in [3.63, 3.8) is 0 Å². The molecule has 2 aliphatic carbocycles. The summed E-state index contributed by atoms with van der Waals surface area (Å²) in [6, 6.07) is 9.74. The van der Waals surface area contributed by atoms with Crippen molar-refractivity contribution >= 4 is 8.32 Å². The van der Waals surface area contributed by atoms with Gasteiger partial charge in [0.05, 0.1) is 25.2 Å². The van der Waals surface area contributed by atoms with Gasteiger partial charge < -0.3 is 28.5 Å². The minimum Gasteiger partial charge on any atom is -0.490 e. The second-order valence-electron chi connectivity index (χ2n) is 11.3. The Balaban J connectivity index is 1.55. The van der Waals surface area contributed by atoms with Crippen LogP contribution >= 0.6 is 0 Å². The fraction of sp³-hybridized carbons (Fsp3) is 0.704. The van der Waals surface area contributed by atoms with E-state index in [1.807, 2.05) is 30.3 Å². The fourth-order valence-corrected chi connectivity index (χ4v) is 6.51. The zero-order valence-corrected chi connectivity index (χ0v) is 22.4. The molecular weight excluding hydrogens is 448 g/mol. The number of para-hydroxylation sites is 1. The van der Waals surface area contributed by atoms with Crippen molar-refractivity contribution in [2.24, 2.45) is 11.8 Å². The van der Waals surface area contributed by atoms with E-state index in [1.165, 1.54) is 0 Å². The van der Waals surface area contributed by atoms with Crippen molar-refractivity contribution < 1.29 is 28.5 Å². The van der Waals surface area contributed by atoms with Crippen molar-refractivity contribution in [2.45, 2.75) is 81.8 Å². The Kier molecular flexibility index (Phi) is 7.23. The molecular formula is C27H40O6Si. The third-order valence-electron chi connectivity index (χ3n) is 8.31. The molecule has 34 heavy (non-hydrogen) atoms. The van der Waals surface area contributed by atoms with Crippen LogP contribution in [0.2, 0.25) is 18.1 Å². The number of benzene rings is 1. The molecule has 0 amide bonds. The maximum atomic E-state index is 10.9. The van der Waals surface area contributed by atoms with Gasteiger partial charge in [0.15, 0.2) is 14.1 Å². The van der Waals surface area contributed by atoms with Gasteiger partial charge in [-0.2, -0.15) is 0 Å². The monoisotopic (exact) mass is 488 g/mol. The molecule has 3 aliphatic rings. The first kappa shape index (κ1) is 25.7. The van der Waals surface area contributed by atoms with E-state index in [2.05, 4.69) is 45.7 Å². The normalized spacial score (nSPS) is 31.2. The van der Waals surface area contributed by atoms with Crippen LogP contribution < -0.4 is 4.74 Å². The Morgan fingerprint density at radius 2 is 1.85 bits per heavy atom. The maximum absolute atomic E-state index is 10.9. The van der Waals surface area contributed by atoms with Crippen LogP contribution in [0.5, 0.6) is 5.75 Å². The molecule has 0 unspecified atom stereocenters. The highest BCUT2D eigenvalue weighted by molar-refractivity contribution is 6.74. The van der Waals surface area contributed by atoms with Gasteiger partial charge in [0.1, 0.15) is 24.1 Å². The quantitative estimate of drug-likeness (QED) is 0.474. The second kappa shape index (κ2) is 9.57. The first-order valence-electron chi connectivity index (χ1n) is 12.4. The van der Waals surface area contributed by atoms with E-state index in [9.17, 15) is 5.11 Å². The van der Waals surface area contributed by atoms with Gasteiger partial charge >= 0.3 is 0 Å². The lowest BCUT2D eigenvalue weighted by Gasteiger charge is -2.63. The SMILES string of the molecule is CO[C@@]12CC[C@H](O)[C@@H](C#C[C@H](COc3ccccc3)O[Si](C)(C)C(C)(C)C)[C@@H]1CC21OCCO1. The van der Waals surface area contributed by atoms with Crippen LogP contribution in [0.15, 0.2) is 30.3 Å². The summed E-state index contributed by atoms with van der Waals surface area (Å²) in [5, 5.41) is 11.0. The zero-order chi connectivity index (χ0) is 24.6. The van der Waals surface area contributed by atoms with Crippen molar-refractivity contribution in [3.8, 4) is 17.6 Å². The van der Waals surface area contributed by atoms with E-state index < -0.39 is 25.8 Å². The van der Waals surface area contributed by atoms with Crippen molar-refractivity contribution in [2.75, 3.05) is 26.9 Å². The van der Waals surface area contributed by atoms with Gasteiger partial charge in [0.25, 0.3) is 0 Å². The highest BCUT2D eigenvalue weighted by Gasteiger charge is 2.73. The van der Waals surface area contributed by atoms with Gasteiger partial charge in [-0.15, -0.1) is 0 Å². The Labute approximate surface area is 205 Å². The van der Waals surface area contributed by atoms with Gasteiger partial charge in [-0.3, -0.25) is 0 Å². The molecule has 3 fully saturated rings. The highest BCUT2D eigenvalue weighted by Crippen LogP contribution is 2.62. The van der Waals surface area contributed by atoms with Crippen LogP contribution in [0, 0.1) is 23.7 Å². The number of methoxy groups -OCH3 is 1. The lowest BCUT2D eigenvalue weighted by molar-refractivity contribution is -0.381. The van der Waals surface area contributed by atoms with Crippen LogP contribution in [0.3, 0.4) is 0 Å². The van der Waals surface area contributed by atoms with Crippen molar-refractivity contribution in [3.05, 3.63) is 30.3 Å². The van der Waals surface area contributed by atoms with Crippen molar-refractivity contribution in [1.82, 2.24) is 0 Å². The predicted octanol–water partition coefficient (Wildman–Crippen LogP) is 4.38. The summed E-state index contributed by atoms with van der Waals surface area (Å²) in [4.78, 5) is 0. The molecule has 4 rings (SSSR count). The number of hydrogen-bond acceptors (Lipinski definition) is 6. The molecule has 0 aromatic heterocycles. The smallest absolute Gasteiger partial charge is 0.198 e. The summed E-state index contributed by atoms with van der Waals surface area (Å²) in [7, 11) is -0.364. The van der Waals surface area contributed by atoms with Gasteiger partial charge in [0.2, 0.25) is 0 Å². The van der Waals surface area contributed by atoms with Gasteiger partial charge in [-0.1, -0.05) is 50.8 Å². The predicted molar refractivity (Wildman–Crippen MR) is 133 cm³/mol. The lowest BCUT2D eigenvalue weighted by atomic mass is 9.52. The average molecular weight is 489 g/mol. The van der Waals surface area contributed by atoms with E-state index in [4.69, 9.17) is 23.4 Å². The maximum Gasteiger partial charge on any atom is 0.198 e. The van der Waals surface area contributed by atoms with E-state index in [1.54, 1.807) is 7.11 Å². The number of aliphatic hydroxyl groups excluding tert-OH is 1.